The Morgan fingerprint density at radius 2 is 1.59 bits per heavy atom. The number of methoxy groups -OCH3 is 1. The first-order valence-corrected chi connectivity index (χ1v) is 9.99. The molecular formula is C19H22N2O5S. The van der Waals surface area contributed by atoms with Crippen molar-refractivity contribution in [1.82, 2.24) is 4.90 Å². The van der Waals surface area contributed by atoms with E-state index in [1.54, 1.807) is 37.3 Å². The molecule has 0 radical (unpaired) electrons. The molecule has 8 heteroatoms. The van der Waals surface area contributed by atoms with Crippen LogP contribution >= 0.6 is 0 Å². The highest BCUT2D eigenvalue weighted by atomic mass is 32.2. The van der Waals surface area contributed by atoms with Gasteiger partial charge in [0.15, 0.2) is 0 Å². The van der Waals surface area contributed by atoms with E-state index < -0.39 is 10.1 Å². The summed E-state index contributed by atoms with van der Waals surface area (Å²) >= 11 is 0. The van der Waals surface area contributed by atoms with Gasteiger partial charge in [-0.05, 0) is 36.4 Å². The second-order valence-corrected chi connectivity index (χ2v) is 7.69. The third-order valence-corrected chi connectivity index (χ3v) is 5.76. The number of para-hydroxylation sites is 1. The number of hydrogen-bond acceptors (Lipinski definition) is 6. The largest absolute Gasteiger partial charge is 0.495 e. The van der Waals surface area contributed by atoms with Crippen molar-refractivity contribution in [3.8, 4) is 11.5 Å². The summed E-state index contributed by atoms with van der Waals surface area (Å²) in [5.41, 5.74) is 0.959. The highest BCUT2D eigenvalue weighted by Gasteiger charge is 2.22. The number of carbonyl (C=O) groups excluding carboxylic acids is 1. The first kappa shape index (κ1) is 19.0. The molecule has 0 N–H and O–H groups in total. The molecule has 0 atom stereocenters. The third-order valence-electron chi connectivity index (χ3n) is 4.47. The molecule has 1 amide bonds. The van der Waals surface area contributed by atoms with E-state index in [0.29, 0.717) is 13.1 Å². The van der Waals surface area contributed by atoms with Gasteiger partial charge in [-0.2, -0.15) is 8.42 Å². The Kier molecular flexibility index (Phi) is 5.55. The number of anilines is 1. The van der Waals surface area contributed by atoms with Gasteiger partial charge in [0.1, 0.15) is 16.4 Å². The van der Waals surface area contributed by atoms with E-state index >= 15 is 0 Å². The molecule has 2 aromatic rings. The highest BCUT2D eigenvalue weighted by Crippen LogP contribution is 2.27. The van der Waals surface area contributed by atoms with Crippen LogP contribution in [0, 0.1) is 0 Å². The fraction of sp³-hybridized carbons (Fsp3) is 0.316. The molecule has 0 unspecified atom stereocenters. The predicted molar refractivity (Wildman–Crippen MR) is 102 cm³/mol. The molecule has 0 saturated carbocycles. The molecule has 1 aliphatic heterocycles. The van der Waals surface area contributed by atoms with E-state index in [0.717, 1.165) is 18.8 Å². The zero-order valence-corrected chi connectivity index (χ0v) is 16.1. The first-order chi connectivity index (χ1) is 12.9. The summed E-state index contributed by atoms with van der Waals surface area (Å²) in [5.74, 6) is 0.546. The van der Waals surface area contributed by atoms with Crippen molar-refractivity contribution in [1.29, 1.82) is 0 Å². The molecule has 1 saturated heterocycles. The number of benzene rings is 2. The minimum Gasteiger partial charge on any atom is -0.495 e. The normalized spacial score (nSPS) is 14.7. The Morgan fingerprint density at radius 1 is 0.963 bits per heavy atom. The van der Waals surface area contributed by atoms with E-state index in [9.17, 15) is 13.2 Å². The average Bonchev–Trinajstić information content (AvgIpc) is 2.68. The van der Waals surface area contributed by atoms with E-state index in [4.69, 9.17) is 8.92 Å². The van der Waals surface area contributed by atoms with Crippen LogP contribution in [0.15, 0.2) is 53.4 Å². The Morgan fingerprint density at radius 3 is 2.19 bits per heavy atom. The molecule has 144 valence electrons. The SMILES string of the molecule is COc1ccccc1S(=O)(=O)Oc1ccc(N2CCN(C(C)=O)CC2)cc1. The Labute approximate surface area is 159 Å². The summed E-state index contributed by atoms with van der Waals surface area (Å²) in [7, 11) is -2.58. The molecule has 3 rings (SSSR count). The molecule has 2 aromatic carbocycles. The van der Waals surface area contributed by atoms with Crippen LogP contribution in [0.2, 0.25) is 0 Å². The van der Waals surface area contributed by atoms with Gasteiger partial charge in [-0.3, -0.25) is 4.79 Å². The van der Waals surface area contributed by atoms with Crippen molar-refractivity contribution in [2.75, 3.05) is 38.2 Å². The quantitative estimate of drug-likeness (QED) is 0.728. The van der Waals surface area contributed by atoms with Gasteiger partial charge in [-0.1, -0.05) is 12.1 Å². The van der Waals surface area contributed by atoms with Crippen LogP contribution in [-0.2, 0) is 14.9 Å². The Hall–Kier alpha value is -2.74. The molecule has 7 nitrogen and oxygen atoms in total. The zero-order valence-electron chi connectivity index (χ0n) is 15.3. The summed E-state index contributed by atoms with van der Waals surface area (Å²) in [4.78, 5) is 15.4. The van der Waals surface area contributed by atoms with Crippen LogP contribution in [0.4, 0.5) is 5.69 Å². The topological polar surface area (TPSA) is 76.2 Å². The molecule has 1 heterocycles. The minimum absolute atomic E-state index is 0.0167. The standard InChI is InChI=1S/C19H22N2O5S/c1-15(22)20-11-13-21(14-12-20)16-7-9-17(10-8-16)26-27(23,24)19-6-4-3-5-18(19)25-2/h3-10H,11-14H2,1-2H3. The Bertz CT molecular complexity index is 904. The lowest BCUT2D eigenvalue weighted by Crippen LogP contribution is -2.48. The molecule has 1 aliphatic rings. The number of amides is 1. The summed E-state index contributed by atoms with van der Waals surface area (Å²) < 4.78 is 35.4. The zero-order chi connectivity index (χ0) is 19.4. The highest BCUT2D eigenvalue weighted by molar-refractivity contribution is 7.87. The van der Waals surface area contributed by atoms with Crippen LogP contribution in [0.1, 0.15) is 6.92 Å². The third kappa shape index (κ3) is 4.33. The smallest absolute Gasteiger partial charge is 0.342 e. The van der Waals surface area contributed by atoms with Gasteiger partial charge in [0.2, 0.25) is 5.91 Å². The van der Waals surface area contributed by atoms with E-state index in [1.807, 2.05) is 17.0 Å². The lowest BCUT2D eigenvalue weighted by molar-refractivity contribution is -0.129. The van der Waals surface area contributed by atoms with E-state index in [-0.39, 0.29) is 22.3 Å². The van der Waals surface area contributed by atoms with Crippen LogP contribution in [0.5, 0.6) is 11.5 Å². The van der Waals surface area contributed by atoms with Crippen molar-refractivity contribution >= 4 is 21.7 Å². The maximum atomic E-state index is 12.5. The Balaban J connectivity index is 1.70. The second kappa shape index (κ2) is 7.87. The van der Waals surface area contributed by atoms with Gasteiger partial charge in [0.05, 0.1) is 7.11 Å². The lowest BCUT2D eigenvalue weighted by Gasteiger charge is -2.35. The van der Waals surface area contributed by atoms with Crippen LogP contribution in [-0.4, -0.2) is 52.5 Å². The summed E-state index contributed by atoms with van der Waals surface area (Å²) in [6, 6.07) is 13.2. The van der Waals surface area contributed by atoms with Gasteiger partial charge in [0.25, 0.3) is 0 Å². The van der Waals surface area contributed by atoms with Crippen LogP contribution in [0.25, 0.3) is 0 Å². The van der Waals surface area contributed by atoms with Gasteiger partial charge >= 0.3 is 10.1 Å². The van der Waals surface area contributed by atoms with Crippen molar-refractivity contribution in [3.05, 3.63) is 48.5 Å². The minimum atomic E-state index is -3.99. The number of rotatable bonds is 5. The van der Waals surface area contributed by atoms with Gasteiger partial charge < -0.3 is 18.7 Å². The van der Waals surface area contributed by atoms with Crippen molar-refractivity contribution in [2.45, 2.75) is 11.8 Å². The van der Waals surface area contributed by atoms with E-state index in [1.165, 1.54) is 13.2 Å². The molecule has 27 heavy (non-hydrogen) atoms. The lowest BCUT2D eigenvalue weighted by atomic mass is 10.2. The number of ether oxygens (including phenoxy) is 1. The summed E-state index contributed by atoms with van der Waals surface area (Å²) in [6.07, 6.45) is 0. The maximum Gasteiger partial charge on any atom is 0.342 e. The van der Waals surface area contributed by atoms with Gasteiger partial charge in [0, 0.05) is 38.8 Å². The fourth-order valence-corrected chi connectivity index (χ4v) is 4.09. The molecule has 0 aromatic heterocycles. The number of nitrogens with zero attached hydrogens (tertiary/aromatic N) is 2. The average molecular weight is 390 g/mol. The van der Waals surface area contributed by atoms with E-state index in [2.05, 4.69) is 4.90 Å². The van der Waals surface area contributed by atoms with Gasteiger partial charge in [-0.15, -0.1) is 0 Å². The fourth-order valence-electron chi connectivity index (χ4n) is 2.99. The first-order valence-electron chi connectivity index (χ1n) is 8.59. The van der Waals surface area contributed by atoms with Crippen LogP contribution in [0.3, 0.4) is 0 Å². The summed E-state index contributed by atoms with van der Waals surface area (Å²) in [5, 5.41) is 0. The van der Waals surface area contributed by atoms with Crippen LogP contribution < -0.4 is 13.8 Å². The summed E-state index contributed by atoms with van der Waals surface area (Å²) in [6.45, 7) is 4.40. The van der Waals surface area contributed by atoms with Crippen molar-refractivity contribution in [3.63, 3.8) is 0 Å². The maximum absolute atomic E-state index is 12.5. The predicted octanol–water partition coefficient (Wildman–Crippen LogP) is 2.13. The van der Waals surface area contributed by atoms with Gasteiger partial charge in [-0.25, -0.2) is 0 Å². The number of carbonyl (C=O) groups is 1. The van der Waals surface area contributed by atoms with Crippen molar-refractivity contribution in [2.24, 2.45) is 0 Å². The second-order valence-electron chi connectivity index (χ2n) is 6.18. The molecule has 0 aliphatic carbocycles. The number of piperazine rings is 1. The molecule has 0 spiro atoms. The monoisotopic (exact) mass is 390 g/mol. The molecule has 1 fully saturated rings. The molecule has 0 bridgehead atoms. The number of hydrogen-bond donors (Lipinski definition) is 0. The molecular weight excluding hydrogens is 368 g/mol. The van der Waals surface area contributed by atoms with Crippen molar-refractivity contribution < 1.29 is 22.1 Å².